The topological polar surface area (TPSA) is 95.9 Å². The molecule has 1 saturated heterocycles. The number of ketones is 1. The number of carbonyl (C=O) groups excluding carboxylic acids is 2. The van der Waals surface area contributed by atoms with E-state index < -0.39 is 17.7 Å². The molecule has 0 saturated carbocycles. The minimum atomic E-state index is -0.776. The fourth-order valence-electron chi connectivity index (χ4n) is 3.59. The Labute approximate surface area is 175 Å². The van der Waals surface area contributed by atoms with Crippen molar-refractivity contribution in [2.75, 3.05) is 34.3 Å². The van der Waals surface area contributed by atoms with Crippen molar-refractivity contribution in [2.45, 2.75) is 19.9 Å². The number of amides is 1. The van der Waals surface area contributed by atoms with Crippen molar-refractivity contribution < 1.29 is 19.4 Å². The van der Waals surface area contributed by atoms with Crippen LogP contribution in [-0.2, 0) is 9.59 Å². The number of aryl methyl sites for hydroxylation is 2. The second kappa shape index (κ2) is 8.62. The number of Topliss-reactive ketones (excluding diaryl/α,β-unsaturated/α-hetero) is 1. The molecule has 8 heteroatoms. The molecule has 1 aliphatic heterocycles. The van der Waals surface area contributed by atoms with Crippen molar-refractivity contribution in [3.8, 4) is 5.75 Å². The van der Waals surface area contributed by atoms with Gasteiger partial charge in [0.1, 0.15) is 17.3 Å². The lowest BCUT2D eigenvalue weighted by atomic mass is 9.94. The molecule has 0 bridgehead atoms. The Morgan fingerprint density at radius 3 is 2.57 bits per heavy atom. The summed E-state index contributed by atoms with van der Waals surface area (Å²) >= 11 is 0. The summed E-state index contributed by atoms with van der Waals surface area (Å²) in [5.41, 5.74) is 1.49. The SMILES string of the molecule is COc1ccccc1C1C(=C(O)c2cnc(C)nc2C)C(=O)C(=O)N1CCN(C)C. The van der Waals surface area contributed by atoms with Crippen LogP contribution in [0.2, 0.25) is 0 Å². The van der Waals surface area contributed by atoms with Gasteiger partial charge in [0.25, 0.3) is 11.7 Å². The zero-order chi connectivity index (χ0) is 22.0. The fraction of sp³-hybridized carbons (Fsp3) is 0.364. The Morgan fingerprint density at radius 2 is 1.93 bits per heavy atom. The van der Waals surface area contributed by atoms with Gasteiger partial charge in [-0.2, -0.15) is 0 Å². The van der Waals surface area contributed by atoms with E-state index in [4.69, 9.17) is 4.74 Å². The van der Waals surface area contributed by atoms with E-state index >= 15 is 0 Å². The first-order valence-corrected chi connectivity index (χ1v) is 9.63. The Kier molecular flexibility index (Phi) is 6.17. The number of aromatic nitrogens is 2. The molecule has 2 aromatic rings. The average molecular weight is 410 g/mol. The minimum absolute atomic E-state index is 0.0128. The molecule has 0 spiro atoms. The monoisotopic (exact) mass is 410 g/mol. The van der Waals surface area contributed by atoms with Gasteiger partial charge in [0.05, 0.1) is 30.0 Å². The summed E-state index contributed by atoms with van der Waals surface area (Å²) in [6.45, 7) is 4.35. The number of likely N-dealkylation sites (N-methyl/N-ethyl adjacent to an activating group) is 1. The van der Waals surface area contributed by atoms with Gasteiger partial charge in [-0.3, -0.25) is 9.59 Å². The van der Waals surface area contributed by atoms with Crippen molar-refractivity contribution in [2.24, 2.45) is 0 Å². The number of aliphatic hydroxyl groups excluding tert-OH is 1. The van der Waals surface area contributed by atoms with Crippen LogP contribution in [0.25, 0.3) is 5.76 Å². The highest BCUT2D eigenvalue weighted by Gasteiger charge is 2.47. The van der Waals surface area contributed by atoms with E-state index in [1.165, 1.54) is 18.2 Å². The Bertz CT molecular complexity index is 1020. The highest BCUT2D eigenvalue weighted by molar-refractivity contribution is 6.46. The zero-order valence-corrected chi connectivity index (χ0v) is 17.8. The Hall–Kier alpha value is -3.26. The number of rotatable bonds is 6. The predicted molar refractivity (Wildman–Crippen MR) is 112 cm³/mol. The molecular formula is C22H26N4O4. The van der Waals surface area contributed by atoms with E-state index in [0.717, 1.165) is 0 Å². The van der Waals surface area contributed by atoms with Gasteiger partial charge in [0.2, 0.25) is 0 Å². The fourth-order valence-corrected chi connectivity index (χ4v) is 3.59. The highest BCUT2D eigenvalue weighted by Crippen LogP contribution is 2.42. The average Bonchev–Trinajstić information content (AvgIpc) is 2.96. The van der Waals surface area contributed by atoms with Crippen molar-refractivity contribution in [3.05, 3.63) is 58.7 Å². The van der Waals surface area contributed by atoms with Gasteiger partial charge in [0.15, 0.2) is 0 Å². The standard InChI is InChI=1S/C22H26N4O4/c1-13-16(12-23-14(2)24-13)20(27)18-19(15-8-6-7-9-17(15)30-5)26(11-10-25(3)4)22(29)21(18)28/h6-9,12,19,27H,10-11H2,1-5H3. The van der Waals surface area contributed by atoms with Crippen molar-refractivity contribution in [3.63, 3.8) is 0 Å². The molecule has 1 N–H and O–H groups in total. The van der Waals surface area contributed by atoms with Crippen LogP contribution in [0.5, 0.6) is 5.75 Å². The van der Waals surface area contributed by atoms with E-state index in [0.29, 0.717) is 41.5 Å². The number of nitrogens with zero attached hydrogens (tertiary/aromatic N) is 4. The molecule has 1 atom stereocenters. The summed E-state index contributed by atoms with van der Waals surface area (Å²) < 4.78 is 5.49. The molecule has 2 heterocycles. The first-order chi connectivity index (χ1) is 14.3. The number of hydrogen-bond donors (Lipinski definition) is 1. The molecule has 1 aliphatic rings. The molecule has 1 fully saturated rings. The van der Waals surface area contributed by atoms with Crippen LogP contribution in [0, 0.1) is 13.8 Å². The number of benzene rings is 1. The molecule has 158 valence electrons. The van der Waals surface area contributed by atoms with Gasteiger partial charge in [-0.05, 0) is 34.0 Å². The number of para-hydroxylation sites is 1. The largest absolute Gasteiger partial charge is 0.507 e. The summed E-state index contributed by atoms with van der Waals surface area (Å²) in [6.07, 6.45) is 1.47. The molecule has 1 aromatic heterocycles. The molecule has 1 unspecified atom stereocenters. The highest BCUT2D eigenvalue weighted by atomic mass is 16.5. The van der Waals surface area contributed by atoms with Gasteiger partial charge in [-0.1, -0.05) is 18.2 Å². The van der Waals surface area contributed by atoms with Gasteiger partial charge in [-0.15, -0.1) is 0 Å². The summed E-state index contributed by atoms with van der Waals surface area (Å²) in [4.78, 5) is 37.8. The van der Waals surface area contributed by atoms with Crippen molar-refractivity contribution >= 4 is 17.4 Å². The number of ether oxygens (including phenoxy) is 1. The quantitative estimate of drug-likeness (QED) is 0.442. The van der Waals surface area contributed by atoms with Crippen LogP contribution in [0.1, 0.15) is 28.7 Å². The number of carbonyl (C=O) groups is 2. The third-order valence-electron chi connectivity index (χ3n) is 5.12. The van der Waals surface area contributed by atoms with Crippen LogP contribution in [0.3, 0.4) is 0 Å². The second-order valence-corrected chi connectivity index (χ2v) is 7.45. The molecule has 1 amide bonds. The van der Waals surface area contributed by atoms with Crippen LogP contribution < -0.4 is 4.74 Å². The molecule has 0 radical (unpaired) electrons. The minimum Gasteiger partial charge on any atom is -0.507 e. The van der Waals surface area contributed by atoms with Crippen LogP contribution in [-0.4, -0.2) is 70.9 Å². The Balaban J connectivity index is 2.22. The van der Waals surface area contributed by atoms with Crippen molar-refractivity contribution in [1.82, 2.24) is 19.8 Å². The van der Waals surface area contributed by atoms with Crippen LogP contribution in [0.4, 0.5) is 0 Å². The summed E-state index contributed by atoms with van der Waals surface area (Å²) in [6, 6.07) is 6.41. The van der Waals surface area contributed by atoms with Crippen LogP contribution >= 0.6 is 0 Å². The lowest BCUT2D eigenvalue weighted by Crippen LogP contribution is -2.35. The molecular weight excluding hydrogens is 384 g/mol. The molecule has 3 rings (SSSR count). The van der Waals surface area contributed by atoms with E-state index in [2.05, 4.69) is 9.97 Å². The maximum absolute atomic E-state index is 13.0. The number of methoxy groups -OCH3 is 1. The second-order valence-electron chi connectivity index (χ2n) is 7.45. The maximum Gasteiger partial charge on any atom is 0.295 e. The summed E-state index contributed by atoms with van der Waals surface area (Å²) in [5, 5.41) is 11.1. The van der Waals surface area contributed by atoms with Gasteiger partial charge >= 0.3 is 0 Å². The molecule has 8 nitrogen and oxygen atoms in total. The van der Waals surface area contributed by atoms with Crippen LogP contribution in [0.15, 0.2) is 36.0 Å². The van der Waals surface area contributed by atoms with Gasteiger partial charge < -0.3 is 19.6 Å². The lowest BCUT2D eigenvalue weighted by molar-refractivity contribution is -0.140. The maximum atomic E-state index is 13.0. The third kappa shape index (κ3) is 3.91. The molecule has 30 heavy (non-hydrogen) atoms. The first kappa shape index (κ1) is 21.4. The predicted octanol–water partition coefficient (Wildman–Crippen LogP) is 2.09. The van der Waals surface area contributed by atoms with E-state index in [1.807, 2.05) is 31.1 Å². The van der Waals surface area contributed by atoms with Gasteiger partial charge in [-0.25, -0.2) is 9.97 Å². The molecule has 0 aliphatic carbocycles. The number of likely N-dealkylation sites (tertiary alicyclic amines) is 1. The van der Waals surface area contributed by atoms with E-state index in [1.54, 1.807) is 26.0 Å². The zero-order valence-electron chi connectivity index (χ0n) is 17.8. The third-order valence-corrected chi connectivity index (χ3v) is 5.12. The summed E-state index contributed by atoms with van der Waals surface area (Å²) in [7, 11) is 5.31. The first-order valence-electron chi connectivity index (χ1n) is 9.63. The Morgan fingerprint density at radius 1 is 1.23 bits per heavy atom. The van der Waals surface area contributed by atoms with E-state index in [-0.39, 0.29) is 11.3 Å². The lowest BCUT2D eigenvalue weighted by Gasteiger charge is -2.27. The number of aliphatic hydroxyl groups is 1. The summed E-state index contributed by atoms with van der Waals surface area (Å²) in [5.74, 6) is -0.588. The normalized spacial score (nSPS) is 18.3. The molecule has 1 aromatic carbocycles. The van der Waals surface area contributed by atoms with E-state index in [9.17, 15) is 14.7 Å². The van der Waals surface area contributed by atoms with Gasteiger partial charge in [0, 0.05) is 24.8 Å². The van der Waals surface area contributed by atoms with Crippen molar-refractivity contribution in [1.29, 1.82) is 0 Å². The smallest absolute Gasteiger partial charge is 0.295 e. The number of hydrogen-bond acceptors (Lipinski definition) is 7.